The molecule has 6 nitrogen and oxygen atoms in total. The fourth-order valence-corrected chi connectivity index (χ4v) is 2.00. The molecular formula is C12H22N2O4S. The molecule has 2 amide bonds. The lowest BCUT2D eigenvalue weighted by molar-refractivity contribution is -0.125. The molecule has 0 heterocycles. The van der Waals surface area contributed by atoms with Crippen molar-refractivity contribution in [1.82, 2.24) is 10.6 Å². The van der Waals surface area contributed by atoms with Crippen LogP contribution in [0.15, 0.2) is 0 Å². The summed E-state index contributed by atoms with van der Waals surface area (Å²) in [6.45, 7) is 3.34. The van der Waals surface area contributed by atoms with E-state index in [4.69, 9.17) is 5.11 Å². The zero-order valence-electron chi connectivity index (χ0n) is 11.4. The Morgan fingerprint density at radius 3 is 2.53 bits per heavy atom. The molecule has 110 valence electrons. The number of aliphatic hydroxyl groups is 1. The third kappa shape index (κ3) is 9.49. The highest BCUT2D eigenvalue weighted by atomic mass is 32.2. The van der Waals surface area contributed by atoms with Crippen molar-refractivity contribution in [2.24, 2.45) is 0 Å². The van der Waals surface area contributed by atoms with E-state index in [0.29, 0.717) is 18.7 Å². The van der Waals surface area contributed by atoms with Crippen LogP contribution in [0.25, 0.3) is 0 Å². The van der Waals surface area contributed by atoms with Crippen molar-refractivity contribution in [3.63, 3.8) is 0 Å². The summed E-state index contributed by atoms with van der Waals surface area (Å²) < 4.78 is 0. The van der Waals surface area contributed by atoms with Gasteiger partial charge < -0.3 is 15.7 Å². The number of unbranched alkanes of at least 4 members (excludes halogenated alkanes) is 1. The van der Waals surface area contributed by atoms with Crippen LogP contribution in [-0.2, 0) is 14.4 Å². The van der Waals surface area contributed by atoms with Crippen molar-refractivity contribution in [1.29, 1.82) is 0 Å². The second-order valence-corrected chi connectivity index (χ2v) is 5.16. The summed E-state index contributed by atoms with van der Waals surface area (Å²) in [5.41, 5.74) is 0. The highest BCUT2D eigenvalue weighted by molar-refractivity contribution is 8.13. The van der Waals surface area contributed by atoms with Crippen LogP contribution in [0.3, 0.4) is 0 Å². The smallest absolute Gasteiger partial charge is 0.220 e. The summed E-state index contributed by atoms with van der Waals surface area (Å²) in [5.74, 6) is 0.0380. The molecule has 0 aliphatic rings. The highest BCUT2D eigenvalue weighted by Gasteiger charge is 2.19. The van der Waals surface area contributed by atoms with Gasteiger partial charge in [0.25, 0.3) is 0 Å². The monoisotopic (exact) mass is 290 g/mol. The van der Waals surface area contributed by atoms with E-state index in [-0.39, 0.29) is 16.9 Å². The summed E-state index contributed by atoms with van der Waals surface area (Å²) >= 11 is 0.989. The van der Waals surface area contributed by atoms with E-state index in [9.17, 15) is 14.4 Å². The van der Waals surface area contributed by atoms with Crippen LogP contribution in [0, 0.1) is 0 Å². The van der Waals surface area contributed by atoms with Gasteiger partial charge in [0.1, 0.15) is 6.04 Å². The van der Waals surface area contributed by atoms with Gasteiger partial charge in [-0.25, -0.2) is 0 Å². The number of amides is 2. The molecule has 0 bridgehead atoms. The third-order valence-corrected chi connectivity index (χ3v) is 3.26. The molecule has 0 unspecified atom stereocenters. The standard InChI is InChI=1S/C12H22N2O4S/c1-3-4-5-11(17)14-10(8-15)12(18)19-7-6-13-9(2)16/h10,15H,3-8H2,1-2H3,(H,13,16)(H,14,17)/t10-/m0/s1. The Morgan fingerprint density at radius 2 is 2.00 bits per heavy atom. The molecule has 0 aromatic rings. The molecule has 0 rings (SSSR count). The van der Waals surface area contributed by atoms with Crippen LogP contribution >= 0.6 is 11.8 Å². The molecule has 0 spiro atoms. The number of hydrogen-bond donors (Lipinski definition) is 3. The molecule has 0 saturated heterocycles. The van der Waals surface area contributed by atoms with Gasteiger partial charge in [-0.15, -0.1) is 0 Å². The summed E-state index contributed by atoms with van der Waals surface area (Å²) in [6.07, 6.45) is 2.02. The molecule has 19 heavy (non-hydrogen) atoms. The predicted octanol–water partition coefficient (Wildman–Crippen LogP) is 0.0496. The topological polar surface area (TPSA) is 95.5 Å². The number of hydrogen-bond acceptors (Lipinski definition) is 5. The van der Waals surface area contributed by atoms with E-state index in [0.717, 1.165) is 24.6 Å². The minimum Gasteiger partial charge on any atom is -0.394 e. The van der Waals surface area contributed by atoms with Crippen molar-refractivity contribution < 1.29 is 19.5 Å². The molecule has 0 aromatic heterocycles. The average molecular weight is 290 g/mol. The Morgan fingerprint density at radius 1 is 1.32 bits per heavy atom. The minimum atomic E-state index is -0.869. The van der Waals surface area contributed by atoms with Crippen molar-refractivity contribution in [2.45, 2.75) is 39.2 Å². The van der Waals surface area contributed by atoms with Gasteiger partial charge in [-0.2, -0.15) is 0 Å². The Bertz CT molecular complexity index is 310. The van der Waals surface area contributed by atoms with Crippen LogP contribution in [0.4, 0.5) is 0 Å². The van der Waals surface area contributed by atoms with Crippen LogP contribution in [0.5, 0.6) is 0 Å². The molecule has 0 aliphatic carbocycles. The van der Waals surface area contributed by atoms with Crippen LogP contribution in [-0.4, -0.2) is 47.0 Å². The fourth-order valence-electron chi connectivity index (χ4n) is 1.26. The zero-order chi connectivity index (χ0) is 14.7. The van der Waals surface area contributed by atoms with Crippen LogP contribution in [0.1, 0.15) is 33.1 Å². The Hall–Kier alpha value is -1.08. The molecule has 0 saturated carbocycles. The largest absolute Gasteiger partial charge is 0.394 e. The minimum absolute atomic E-state index is 0.153. The molecule has 3 N–H and O–H groups in total. The molecule has 0 radical (unpaired) electrons. The summed E-state index contributed by atoms with van der Waals surface area (Å²) in [5, 5.41) is 13.9. The highest BCUT2D eigenvalue weighted by Crippen LogP contribution is 2.05. The van der Waals surface area contributed by atoms with Gasteiger partial charge in [0, 0.05) is 25.6 Å². The van der Waals surface area contributed by atoms with Crippen molar-refractivity contribution >= 4 is 28.7 Å². The SMILES string of the molecule is CCCCC(=O)N[C@@H](CO)C(=O)SCCNC(C)=O. The Balaban J connectivity index is 3.96. The van der Waals surface area contributed by atoms with Crippen molar-refractivity contribution in [3.05, 3.63) is 0 Å². The maximum absolute atomic E-state index is 11.7. The first kappa shape index (κ1) is 17.9. The number of nitrogens with one attached hydrogen (secondary N) is 2. The lowest BCUT2D eigenvalue weighted by atomic mass is 10.2. The van der Waals surface area contributed by atoms with E-state index < -0.39 is 12.6 Å². The van der Waals surface area contributed by atoms with E-state index in [1.165, 1.54) is 6.92 Å². The van der Waals surface area contributed by atoms with Crippen LogP contribution < -0.4 is 10.6 Å². The molecule has 1 atom stereocenters. The van der Waals surface area contributed by atoms with Gasteiger partial charge in [-0.1, -0.05) is 25.1 Å². The van der Waals surface area contributed by atoms with Gasteiger partial charge in [-0.05, 0) is 6.42 Å². The molecule has 0 fully saturated rings. The molecule has 7 heteroatoms. The van der Waals surface area contributed by atoms with Crippen molar-refractivity contribution in [2.75, 3.05) is 18.9 Å². The first-order chi connectivity index (χ1) is 9.01. The zero-order valence-corrected chi connectivity index (χ0v) is 12.2. The normalized spacial score (nSPS) is 11.7. The van der Waals surface area contributed by atoms with Crippen LogP contribution in [0.2, 0.25) is 0 Å². The Kier molecular flexibility index (Phi) is 10.2. The number of carbonyl (C=O) groups excluding carboxylic acids is 3. The fraction of sp³-hybridized carbons (Fsp3) is 0.750. The lowest BCUT2D eigenvalue weighted by Crippen LogP contribution is -2.42. The van der Waals surface area contributed by atoms with Gasteiger partial charge in [0.15, 0.2) is 0 Å². The molecular weight excluding hydrogens is 268 g/mol. The van der Waals surface area contributed by atoms with E-state index in [1.54, 1.807) is 0 Å². The van der Waals surface area contributed by atoms with Gasteiger partial charge in [-0.3, -0.25) is 14.4 Å². The van der Waals surface area contributed by atoms with E-state index in [2.05, 4.69) is 10.6 Å². The summed E-state index contributed by atoms with van der Waals surface area (Å²) in [4.78, 5) is 33.8. The number of aliphatic hydroxyl groups excluding tert-OH is 1. The average Bonchev–Trinajstić information content (AvgIpc) is 2.38. The van der Waals surface area contributed by atoms with Gasteiger partial charge >= 0.3 is 0 Å². The van der Waals surface area contributed by atoms with E-state index >= 15 is 0 Å². The van der Waals surface area contributed by atoms with Crippen molar-refractivity contribution in [3.8, 4) is 0 Å². The first-order valence-electron chi connectivity index (χ1n) is 6.32. The number of carbonyl (C=O) groups is 3. The molecule has 0 aromatic carbocycles. The lowest BCUT2D eigenvalue weighted by Gasteiger charge is -2.14. The second kappa shape index (κ2) is 10.8. The number of thioether (sulfide) groups is 1. The van der Waals surface area contributed by atoms with E-state index in [1.807, 2.05) is 6.92 Å². The van der Waals surface area contributed by atoms with Gasteiger partial charge in [0.2, 0.25) is 16.9 Å². The first-order valence-corrected chi connectivity index (χ1v) is 7.31. The third-order valence-electron chi connectivity index (χ3n) is 2.28. The quantitative estimate of drug-likeness (QED) is 0.522. The Labute approximate surface area is 117 Å². The van der Waals surface area contributed by atoms with Gasteiger partial charge in [0.05, 0.1) is 6.61 Å². The predicted molar refractivity (Wildman–Crippen MR) is 74.7 cm³/mol. The summed E-state index contributed by atoms with van der Waals surface area (Å²) in [6, 6.07) is -0.869. The summed E-state index contributed by atoms with van der Waals surface area (Å²) in [7, 11) is 0. The number of rotatable bonds is 9. The maximum Gasteiger partial charge on any atom is 0.220 e. The maximum atomic E-state index is 11.7. The molecule has 0 aliphatic heterocycles. The second-order valence-electron chi connectivity index (χ2n) is 4.06.